The third-order valence-electron chi connectivity index (χ3n) is 4.61. The zero-order valence-electron chi connectivity index (χ0n) is 16.1. The van der Waals surface area contributed by atoms with Gasteiger partial charge in [-0.15, -0.1) is 0 Å². The van der Waals surface area contributed by atoms with Crippen molar-refractivity contribution in [1.29, 1.82) is 0 Å². The third kappa shape index (κ3) is 4.47. The number of anilines is 1. The second-order valence-electron chi connectivity index (χ2n) is 6.46. The minimum atomic E-state index is -0.0662. The predicted molar refractivity (Wildman–Crippen MR) is 121 cm³/mol. The molecule has 0 spiro atoms. The summed E-state index contributed by atoms with van der Waals surface area (Å²) in [6.45, 7) is 10.3. The van der Waals surface area contributed by atoms with Gasteiger partial charge in [-0.3, -0.25) is 9.78 Å². The van der Waals surface area contributed by atoms with Crippen molar-refractivity contribution >= 4 is 50.1 Å². The van der Waals surface area contributed by atoms with E-state index in [-0.39, 0.29) is 5.91 Å². The average molecular weight is 529 g/mol. The first-order valence-electron chi connectivity index (χ1n) is 9.12. The van der Waals surface area contributed by atoms with Crippen LogP contribution in [0.15, 0.2) is 16.6 Å². The predicted octanol–water partition coefficient (Wildman–Crippen LogP) is 6.40. The number of nitrogens with one attached hydrogen (secondary N) is 1. The molecule has 1 aromatic carbocycles. The molecule has 1 N–H and O–H groups in total. The van der Waals surface area contributed by atoms with Crippen molar-refractivity contribution in [3.8, 4) is 0 Å². The average Bonchev–Trinajstić information content (AvgIpc) is 2.59. The Bertz CT molecular complexity index is 808. The molecule has 5 heteroatoms. The van der Waals surface area contributed by atoms with Crippen LogP contribution < -0.4 is 5.32 Å². The Hall–Kier alpha value is -0.950. The van der Waals surface area contributed by atoms with Crippen molar-refractivity contribution in [2.75, 3.05) is 5.32 Å². The molecule has 2 aromatic rings. The molecule has 26 heavy (non-hydrogen) atoms. The first kappa shape index (κ1) is 21.4. The van der Waals surface area contributed by atoms with E-state index >= 15 is 0 Å². The number of aryl methyl sites for hydroxylation is 4. The van der Waals surface area contributed by atoms with Crippen LogP contribution >= 0.6 is 38.5 Å². The van der Waals surface area contributed by atoms with Gasteiger partial charge in [0.2, 0.25) is 0 Å². The van der Waals surface area contributed by atoms with Gasteiger partial charge in [0.1, 0.15) is 0 Å². The van der Waals surface area contributed by atoms with Gasteiger partial charge in [0.25, 0.3) is 5.91 Å². The third-order valence-corrected chi connectivity index (χ3v) is 6.26. The van der Waals surface area contributed by atoms with Crippen molar-refractivity contribution in [1.82, 2.24) is 4.98 Å². The molecule has 0 aliphatic carbocycles. The maximum atomic E-state index is 13.2. The smallest absolute Gasteiger partial charge is 0.258 e. The first-order valence-corrected chi connectivity index (χ1v) is 11.0. The van der Waals surface area contributed by atoms with Gasteiger partial charge >= 0.3 is 0 Å². The van der Waals surface area contributed by atoms with Crippen LogP contribution in [0.4, 0.5) is 5.69 Å². The number of aromatic nitrogens is 1. The van der Waals surface area contributed by atoms with Gasteiger partial charge in [0.15, 0.2) is 0 Å². The molecule has 0 bridgehead atoms. The number of amides is 1. The molecule has 0 fully saturated rings. The van der Waals surface area contributed by atoms with Crippen LogP contribution in [0, 0.1) is 17.4 Å². The van der Waals surface area contributed by atoms with Crippen molar-refractivity contribution < 1.29 is 4.79 Å². The Balaban J connectivity index is 2.51. The fourth-order valence-electron chi connectivity index (χ4n) is 3.27. The highest BCUT2D eigenvalue weighted by Gasteiger charge is 2.21. The van der Waals surface area contributed by atoms with E-state index in [0.717, 1.165) is 61.9 Å². The van der Waals surface area contributed by atoms with Gasteiger partial charge in [-0.25, -0.2) is 0 Å². The molecule has 1 aromatic heterocycles. The van der Waals surface area contributed by atoms with Crippen LogP contribution in [0.2, 0.25) is 0 Å². The lowest BCUT2D eigenvalue weighted by Gasteiger charge is -2.18. The zero-order valence-corrected chi connectivity index (χ0v) is 19.8. The van der Waals surface area contributed by atoms with Gasteiger partial charge in [-0.2, -0.15) is 0 Å². The molecule has 0 aliphatic heterocycles. The highest BCUT2D eigenvalue weighted by Crippen LogP contribution is 2.30. The highest BCUT2D eigenvalue weighted by molar-refractivity contribution is 14.1. The summed E-state index contributed by atoms with van der Waals surface area (Å²) < 4.78 is 2.08. The summed E-state index contributed by atoms with van der Waals surface area (Å²) in [4.78, 5) is 17.8. The summed E-state index contributed by atoms with van der Waals surface area (Å²) in [6.07, 6.45) is 3.71. The van der Waals surface area contributed by atoms with Crippen LogP contribution in [0.25, 0.3) is 0 Å². The fraction of sp³-hybridized carbons (Fsp3) is 0.429. The van der Waals surface area contributed by atoms with E-state index in [2.05, 4.69) is 81.7 Å². The van der Waals surface area contributed by atoms with Crippen LogP contribution in [0.1, 0.15) is 65.6 Å². The van der Waals surface area contributed by atoms with Gasteiger partial charge in [-0.05, 0) is 84.5 Å². The number of carbonyl (C=O) groups excluding carboxylic acids is 1. The summed E-state index contributed by atoms with van der Waals surface area (Å²) in [6, 6.07) is 4.17. The monoisotopic (exact) mass is 528 g/mol. The van der Waals surface area contributed by atoms with Gasteiger partial charge in [0, 0.05) is 19.4 Å². The molecule has 0 radical (unpaired) electrons. The molecule has 3 nitrogen and oxygen atoms in total. The summed E-state index contributed by atoms with van der Waals surface area (Å²) in [7, 11) is 0. The first-order chi connectivity index (χ1) is 12.3. The van der Waals surface area contributed by atoms with Gasteiger partial charge in [-0.1, -0.05) is 43.1 Å². The second kappa shape index (κ2) is 9.31. The number of carbonyl (C=O) groups is 1. The van der Waals surface area contributed by atoms with E-state index in [4.69, 9.17) is 0 Å². The van der Waals surface area contributed by atoms with Crippen molar-refractivity contribution in [3.05, 3.63) is 53.8 Å². The molecule has 2 rings (SSSR count). The van der Waals surface area contributed by atoms with Crippen LogP contribution in [0.5, 0.6) is 0 Å². The molecule has 0 aliphatic rings. The number of rotatable bonds is 6. The minimum Gasteiger partial charge on any atom is -0.321 e. The number of hydrogen-bond acceptors (Lipinski definition) is 2. The molecule has 0 saturated heterocycles. The Morgan fingerprint density at radius 1 is 1.12 bits per heavy atom. The largest absolute Gasteiger partial charge is 0.321 e. The fourth-order valence-corrected chi connectivity index (χ4v) is 5.12. The second-order valence-corrected chi connectivity index (χ2v) is 8.45. The van der Waals surface area contributed by atoms with E-state index in [1.54, 1.807) is 0 Å². The van der Waals surface area contributed by atoms with E-state index in [9.17, 15) is 4.79 Å². The van der Waals surface area contributed by atoms with Crippen molar-refractivity contribution in [3.63, 3.8) is 0 Å². The number of nitrogens with zero attached hydrogens (tertiary/aromatic N) is 1. The molecule has 140 valence electrons. The van der Waals surface area contributed by atoms with Gasteiger partial charge < -0.3 is 5.32 Å². The van der Waals surface area contributed by atoms with Crippen LogP contribution in [0.3, 0.4) is 0 Å². The molecule has 0 saturated carbocycles. The number of hydrogen-bond donors (Lipinski definition) is 1. The van der Waals surface area contributed by atoms with E-state index in [0.29, 0.717) is 5.56 Å². The summed E-state index contributed by atoms with van der Waals surface area (Å²) >= 11 is 5.88. The number of halogens is 2. The molecular formula is C21H26BrIN2O. The van der Waals surface area contributed by atoms with E-state index in [1.165, 1.54) is 5.56 Å². The summed E-state index contributed by atoms with van der Waals surface area (Å²) in [5.41, 5.74) is 6.93. The van der Waals surface area contributed by atoms with Crippen molar-refractivity contribution in [2.45, 2.75) is 60.3 Å². The maximum absolute atomic E-state index is 13.2. The molecular weight excluding hydrogens is 503 g/mol. The normalized spacial score (nSPS) is 10.9. The minimum absolute atomic E-state index is 0.0662. The Morgan fingerprint density at radius 3 is 2.19 bits per heavy atom. The molecule has 1 amide bonds. The highest BCUT2D eigenvalue weighted by atomic mass is 127. The van der Waals surface area contributed by atoms with Crippen molar-refractivity contribution in [2.24, 2.45) is 0 Å². The zero-order chi connectivity index (χ0) is 19.4. The lowest BCUT2D eigenvalue weighted by molar-refractivity contribution is 0.102. The molecule has 0 unspecified atom stereocenters. The Morgan fingerprint density at radius 2 is 1.69 bits per heavy atom. The summed E-state index contributed by atoms with van der Waals surface area (Å²) in [5, 5.41) is 3.19. The SMILES string of the molecule is CCCc1c(C)nc(C)c(C(=O)Nc2c(CC)cc(Br)cc2CC)c1I. The maximum Gasteiger partial charge on any atom is 0.258 e. The summed E-state index contributed by atoms with van der Waals surface area (Å²) in [5.74, 6) is -0.0662. The lowest BCUT2D eigenvalue weighted by Crippen LogP contribution is -2.20. The topological polar surface area (TPSA) is 42.0 Å². The van der Waals surface area contributed by atoms with Crippen LogP contribution in [-0.4, -0.2) is 10.9 Å². The Kier molecular flexibility index (Phi) is 7.64. The number of benzene rings is 1. The van der Waals surface area contributed by atoms with Gasteiger partial charge in [0.05, 0.1) is 11.3 Å². The molecule has 1 heterocycles. The Labute approximate surface area is 178 Å². The van der Waals surface area contributed by atoms with E-state index in [1.807, 2.05) is 13.8 Å². The standard InChI is InChI=1S/C21H26BrIN2O/c1-6-9-17-12(4)24-13(5)18(19(17)23)21(26)25-20-14(7-2)10-16(22)11-15(20)8-3/h10-11H,6-9H2,1-5H3,(H,25,26). The molecule has 0 atom stereocenters. The number of pyridine rings is 1. The lowest BCUT2D eigenvalue weighted by atomic mass is 10.0. The van der Waals surface area contributed by atoms with Crippen LogP contribution in [-0.2, 0) is 19.3 Å². The quantitative estimate of drug-likeness (QED) is 0.441. The van der Waals surface area contributed by atoms with E-state index < -0.39 is 0 Å².